The number of carbonyl (C=O) groups excluding carboxylic acids is 4. The first kappa shape index (κ1) is 25.9. The molecule has 2 fully saturated rings. The van der Waals surface area contributed by atoms with E-state index >= 15 is 0 Å². The highest BCUT2D eigenvalue weighted by Gasteiger charge is 2.37. The Morgan fingerprint density at radius 1 is 0.938 bits per heavy atom. The summed E-state index contributed by atoms with van der Waals surface area (Å²) in [5, 5.41) is 8.06. The largest absolute Gasteiger partial charge is 0.467 e. The number of ether oxygens (including phenoxy) is 4. The van der Waals surface area contributed by atoms with Gasteiger partial charge in [-0.25, -0.2) is 9.59 Å². The van der Waals surface area contributed by atoms with Crippen molar-refractivity contribution in [1.29, 1.82) is 0 Å². The second-order valence-corrected chi connectivity index (χ2v) is 8.99. The minimum absolute atomic E-state index is 0.366. The van der Waals surface area contributed by atoms with Gasteiger partial charge in [-0.2, -0.15) is 0 Å². The van der Waals surface area contributed by atoms with Crippen molar-refractivity contribution in [2.45, 2.75) is 89.3 Å². The maximum Gasteiger partial charge on any atom is 0.407 e. The van der Waals surface area contributed by atoms with Crippen LogP contribution < -0.4 is 16.0 Å². The Morgan fingerprint density at radius 3 is 2.06 bits per heavy atom. The molecular formula is C21H35N3O8. The van der Waals surface area contributed by atoms with Gasteiger partial charge in [-0.15, -0.1) is 0 Å². The topological polar surface area (TPSA) is 141 Å². The average molecular weight is 458 g/mol. The van der Waals surface area contributed by atoms with Crippen molar-refractivity contribution in [2.24, 2.45) is 0 Å². The lowest BCUT2D eigenvalue weighted by Gasteiger charge is -2.33. The number of alkyl carbamates (subject to hydrolysis) is 1. The third kappa shape index (κ3) is 7.63. The first-order valence-electron chi connectivity index (χ1n) is 10.9. The van der Waals surface area contributed by atoms with E-state index in [1.807, 2.05) is 0 Å². The normalized spacial score (nSPS) is 26.9. The molecule has 0 aromatic carbocycles. The van der Waals surface area contributed by atoms with Crippen LogP contribution >= 0.6 is 0 Å². The summed E-state index contributed by atoms with van der Waals surface area (Å²) in [6.07, 6.45) is -0.0122. The molecule has 11 heteroatoms. The first-order chi connectivity index (χ1) is 15.0. The van der Waals surface area contributed by atoms with Gasteiger partial charge in [0.15, 0.2) is 12.2 Å². The molecule has 0 saturated carbocycles. The molecule has 3 N–H and O–H groups in total. The third-order valence-electron chi connectivity index (χ3n) is 5.12. The second kappa shape index (κ2) is 11.5. The van der Waals surface area contributed by atoms with Crippen molar-refractivity contribution in [3.8, 4) is 0 Å². The van der Waals surface area contributed by atoms with Gasteiger partial charge in [-0.3, -0.25) is 9.59 Å². The number of hydrogen-bond acceptors (Lipinski definition) is 8. The van der Waals surface area contributed by atoms with Crippen LogP contribution in [0.2, 0.25) is 0 Å². The molecule has 32 heavy (non-hydrogen) atoms. The van der Waals surface area contributed by atoms with E-state index in [9.17, 15) is 19.2 Å². The number of esters is 1. The zero-order valence-corrected chi connectivity index (χ0v) is 19.4. The molecule has 5 atom stereocenters. The number of carbonyl (C=O) groups is 4. The van der Waals surface area contributed by atoms with E-state index in [4.69, 9.17) is 18.9 Å². The summed E-state index contributed by atoms with van der Waals surface area (Å²) in [5.74, 6) is -1.54. The predicted molar refractivity (Wildman–Crippen MR) is 113 cm³/mol. The van der Waals surface area contributed by atoms with Crippen LogP contribution in [0.4, 0.5) is 4.79 Å². The number of amides is 3. The maximum absolute atomic E-state index is 12.8. The number of hydrogen-bond donors (Lipinski definition) is 3. The fourth-order valence-corrected chi connectivity index (χ4v) is 3.59. The highest BCUT2D eigenvalue weighted by molar-refractivity contribution is 5.90. The zero-order valence-electron chi connectivity index (χ0n) is 19.4. The Bertz CT molecular complexity index is 693. The molecule has 0 aliphatic carbocycles. The van der Waals surface area contributed by atoms with Crippen LogP contribution in [-0.4, -0.2) is 80.1 Å². The minimum atomic E-state index is -0.952. The van der Waals surface area contributed by atoms with Crippen LogP contribution in [0.1, 0.15) is 53.4 Å². The lowest BCUT2D eigenvalue weighted by Crippen LogP contribution is -2.59. The molecule has 0 radical (unpaired) electrons. The zero-order chi connectivity index (χ0) is 23.9. The molecular weight excluding hydrogens is 422 g/mol. The highest BCUT2D eigenvalue weighted by Crippen LogP contribution is 2.17. The summed E-state index contributed by atoms with van der Waals surface area (Å²) in [4.78, 5) is 49.4. The van der Waals surface area contributed by atoms with E-state index in [-0.39, 0.29) is 0 Å². The van der Waals surface area contributed by atoms with Gasteiger partial charge < -0.3 is 34.9 Å². The SMILES string of the molecule is COC(=O)[C@H]1OCCC[C@@H]1NC(=O)[C@@H](C)NC(=O)[C@H]1OCCC[C@@H]1NC(=O)OC(C)(C)C. The molecule has 2 saturated heterocycles. The molecule has 2 rings (SSSR count). The Hall–Kier alpha value is -2.40. The summed E-state index contributed by atoms with van der Waals surface area (Å²) in [7, 11) is 1.26. The van der Waals surface area contributed by atoms with Crippen LogP contribution in [0.5, 0.6) is 0 Å². The van der Waals surface area contributed by atoms with Crippen molar-refractivity contribution < 1.29 is 38.1 Å². The molecule has 3 amide bonds. The van der Waals surface area contributed by atoms with E-state index in [1.165, 1.54) is 14.0 Å². The van der Waals surface area contributed by atoms with Gasteiger partial charge in [-0.1, -0.05) is 0 Å². The predicted octanol–water partition coefficient (Wildman–Crippen LogP) is 0.400. The molecule has 182 valence electrons. The summed E-state index contributed by atoms with van der Waals surface area (Å²) < 4.78 is 21.0. The van der Waals surface area contributed by atoms with Crippen LogP contribution in [0.15, 0.2) is 0 Å². The van der Waals surface area contributed by atoms with Crippen molar-refractivity contribution in [3.63, 3.8) is 0 Å². The van der Waals surface area contributed by atoms with E-state index in [1.54, 1.807) is 20.8 Å². The van der Waals surface area contributed by atoms with Gasteiger partial charge in [0.05, 0.1) is 19.2 Å². The Labute approximate surface area is 188 Å². The van der Waals surface area contributed by atoms with E-state index < -0.39 is 59.8 Å². The molecule has 2 aliphatic heterocycles. The summed E-state index contributed by atoms with van der Waals surface area (Å²) in [5.41, 5.74) is -0.672. The van der Waals surface area contributed by atoms with Gasteiger partial charge in [0.1, 0.15) is 11.6 Å². The Kier molecular flexibility index (Phi) is 9.26. The minimum Gasteiger partial charge on any atom is -0.467 e. The van der Waals surface area contributed by atoms with Crippen molar-refractivity contribution in [3.05, 3.63) is 0 Å². The van der Waals surface area contributed by atoms with Gasteiger partial charge in [-0.05, 0) is 53.4 Å². The van der Waals surface area contributed by atoms with Crippen molar-refractivity contribution in [2.75, 3.05) is 20.3 Å². The van der Waals surface area contributed by atoms with Gasteiger partial charge in [0.25, 0.3) is 5.91 Å². The van der Waals surface area contributed by atoms with E-state index in [0.717, 1.165) is 0 Å². The monoisotopic (exact) mass is 457 g/mol. The van der Waals surface area contributed by atoms with Gasteiger partial charge in [0, 0.05) is 13.2 Å². The van der Waals surface area contributed by atoms with Crippen LogP contribution in [0.3, 0.4) is 0 Å². The molecule has 11 nitrogen and oxygen atoms in total. The Balaban J connectivity index is 1.93. The fourth-order valence-electron chi connectivity index (χ4n) is 3.59. The quantitative estimate of drug-likeness (QED) is 0.487. The van der Waals surface area contributed by atoms with Crippen LogP contribution in [-0.2, 0) is 33.3 Å². The third-order valence-corrected chi connectivity index (χ3v) is 5.12. The molecule has 0 unspecified atom stereocenters. The molecule has 0 aromatic rings. The lowest BCUT2D eigenvalue weighted by atomic mass is 10.0. The maximum atomic E-state index is 12.8. The number of rotatable bonds is 6. The molecule has 2 heterocycles. The number of nitrogens with one attached hydrogen (secondary N) is 3. The van der Waals surface area contributed by atoms with E-state index in [0.29, 0.717) is 38.9 Å². The molecule has 2 aliphatic rings. The Morgan fingerprint density at radius 2 is 1.50 bits per heavy atom. The fraction of sp³-hybridized carbons (Fsp3) is 0.810. The summed E-state index contributed by atoms with van der Waals surface area (Å²) in [6, 6.07) is -2.02. The average Bonchev–Trinajstić information content (AvgIpc) is 2.72. The van der Waals surface area contributed by atoms with Gasteiger partial charge in [0.2, 0.25) is 5.91 Å². The van der Waals surface area contributed by atoms with E-state index in [2.05, 4.69) is 16.0 Å². The number of methoxy groups -OCH3 is 1. The molecule has 0 spiro atoms. The molecule has 0 aromatic heterocycles. The van der Waals surface area contributed by atoms with Gasteiger partial charge >= 0.3 is 12.1 Å². The van der Waals surface area contributed by atoms with Crippen LogP contribution in [0.25, 0.3) is 0 Å². The highest BCUT2D eigenvalue weighted by atomic mass is 16.6. The summed E-state index contributed by atoms with van der Waals surface area (Å²) in [6.45, 7) is 7.54. The molecule has 0 bridgehead atoms. The standard InChI is InChI=1S/C21H35N3O8/c1-12(17(25)23-14-9-7-11-31-16(14)19(27)29-5)22-18(26)15-13(8-6-10-30-15)24-20(28)32-21(2,3)4/h12-16H,6-11H2,1-5H3,(H,22,26)(H,23,25)(H,24,28)/t12-,13+,14+,15+,16+/m1/s1. The summed E-state index contributed by atoms with van der Waals surface area (Å²) >= 11 is 0. The smallest absolute Gasteiger partial charge is 0.407 e. The lowest BCUT2D eigenvalue weighted by molar-refractivity contribution is -0.160. The van der Waals surface area contributed by atoms with Crippen LogP contribution in [0, 0.1) is 0 Å². The second-order valence-electron chi connectivity index (χ2n) is 8.99. The van der Waals surface area contributed by atoms with Crippen molar-refractivity contribution >= 4 is 23.9 Å². The van der Waals surface area contributed by atoms with Crippen molar-refractivity contribution in [1.82, 2.24) is 16.0 Å². The first-order valence-corrected chi connectivity index (χ1v) is 10.9.